The van der Waals surface area contributed by atoms with Gasteiger partial charge >= 0.3 is 0 Å². The zero-order valence-corrected chi connectivity index (χ0v) is 24.2. The normalized spacial score (nSPS) is 14.5. The number of hydrogen-bond donors (Lipinski definition) is 2. The van der Waals surface area contributed by atoms with Gasteiger partial charge in [-0.05, 0) is 57.4 Å². The molecule has 4 aromatic rings. The zero-order valence-electron chi connectivity index (χ0n) is 24.2. The smallest absolute Gasteiger partial charge is 0.298 e. The van der Waals surface area contributed by atoms with Crippen molar-refractivity contribution in [2.24, 2.45) is 0 Å². The highest BCUT2D eigenvalue weighted by molar-refractivity contribution is 5.94. The van der Waals surface area contributed by atoms with Gasteiger partial charge in [0.05, 0.1) is 12.1 Å². The number of oxazole rings is 1. The summed E-state index contributed by atoms with van der Waals surface area (Å²) in [5, 5.41) is 7.10. The number of likely N-dealkylation sites (N-methyl/N-ethyl adjacent to an activating group) is 1. The molecular formula is C30H34N8O4. The maximum absolute atomic E-state index is 13.7. The molecule has 4 heterocycles. The van der Waals surface area contributed by atoms with Gasteiger partial charge in [-0.25, -0.2) is 9.97 Å². The molecule has 1 fully saturated rings. The summed E-state index contributed by atoms with van der Waals surface area (Å²) in [5.74, 6) is 6.65. The quantitative estimate of drug-likeness (QED) is 0.288. The summed E-state index contributed by atoms with van der Waals surface area (Å²) in [6.07, 6.45) is 4.79. The Kier molecular flexibility index (Phi) is 8.80. The molecule has 5 rings (SSSR count). The Morgan fingerprint density at radius 3 is 2.74 bits per heavy atom. The molecular weight excluding hydrogens is 536 g/mol. The van der Waals surface area contributed by atoms with Crippen molar-refractivity contribution in [3.63, 3.8) is 0 Å². The van der Waals surface area contributed by atoms with E-state index in [1.54, 1.807) is 26.4 Å². The number of pyridine rings is 1. The molecule has 1 saturated heterocycles. The van der Waals surface area contributed by atoms with Crippen molar-refractivity contribution in [2.45, 2.75) is 25.5 Å². The Bertz CT molecular complexity index is 1680. The van der Waals surface area contributed by atoms with Crippen LogP contribution >= 0.6 is 0 Å². The lowest BCUT2D eigenvalue weighted by atomic mass is 10.2. The highest BCUT2D eigenvalue weighted by Gasteiger charge is 2.17. The van der Waals surface area contributed by atoms with Crippen LogP contribution in [0.5, 0.6) is 5.75 Å². The monoisotopic (exact) mass is 570 g/mol. The van der Waals surface area contributed by atoms with E-state index in [-0.39, 0.29) is 18.2 Å². The van der Waals surface area contributed by atoms with Gasteiger partial charge in [0.1, 0.15) is 29.0 Å². The van der Waals surface area contributed by atoms with E-state index in [1.807, 2.05) is 43.3 Å². The summed E-state index contributed by atoms with van der Waals surface area (Å²) in [6.45, 7) is 2.68. The highest BCUT2D eigenvalue weighted by atomic mass is 16.5. The van der Waals surface area contributed by atoms with Gasteiger partial charge in [-0.3, -0.25) is 14.2 Å². The third kappa shape index (κ3) is 6.94. The lowest BCUT2D eigenvalue weighted by molar-refractivity contribution is -0.122. The van der Waals surface area contributed by atoms with E-state index in [9.17, 15) is 9.59 Å². The number of benzene rings is 1. The third-order valence-electron chi connectivity index (χ3n) is 6.78. The fourth-order valence-corrected chi connectivity index (χ4v) is 4.46. The number of ether oxygens (including phenoxy) is 1. The van der Waals surface area contributed by atoms with Crippen LogP contribution in [0.4, 0.5) is 11.6 Å². The highest BCUT2D eigenvalue weighted by Crippen LogP contribution is 2.22. The van der Waals surface area contributed by atoms with Crippen molar-refractivity contribution < 1.29 is 13.9 Å². The zero-order chi connectivity index (χ0) is 29.6. The van der Waals surface area contributed by atoms with E-state index < -0.39 is 11.5 Å². The van der Waals surface area contributed by atoms with E-state index in [1.165, 1.54) is 15.9 Å². The molecule has 2 N–H and O–H groups in total. The predicted molar refractivity (Wildman–Crippen MR) is 159 cm³/mol. The Balaban J connectivity index is 1.48. The molecule has 1 aliphatic heterocycles. The average Bonchev–Trinajstić information content (AvgIpc) is 3.65. The molecule has 1 aliphatic rings. The number of carbonyl (C=O) groups excluding carboxylic acids is 1. The standard InChI is InChI=1S/C30H34N8O4/c1-36(2)14-12-26-25(33-19-41-26)18-38-28-21(15-20(29(38)40)5-10-27(39)37(3)4)16-32-30(35-28)34-22-6-8-23(9-7-22)42-24-11-13-31-17-24/h6-9,15-16,19,24,31H,11-14,17-18H2,1-4H3,(H,32,34,35). The van der Waals surface area contributed by atoms with Gasteiger partial charge in [-0.1, -0.05) is 5.92 Å². The molecule has 0 bridgehead atoms. The van der Waals surface area contributed by atoms with Gasteiger partial charge in [0.25, 0.3) is 11.5 Å². The minimum Gasteiger partial charge on any atom is -0.489 e. The summed E-state index contributed by atoms with van der Waals surface area (Å²) in [7, 11) is 7.16. The molecule has 0 saturated carbocycles. The fraction of sp³-hybridized carbons (Fsp3) is 0.367. The van der Waals surface area contributed by atoms with Crippen LogP contribution in [0, 0.1) is 11.8 Å². The largest absolute Gasteiger partial charge is 0.489 e. The lowest BCUT2D eigenvalue weighted by Crippen LogP contribution is -2.26. The van der Waals surface area contributed by atoms with Crippen molar-refractivity contribution >= 4 is 28.6 Å². The van der Waals surface area contributed by atoms with E-state index >= 15 is 0 Å². The van der Waals surface area contributed by atoms with Crippen molar-refractivity contribution in [2.75, 3.05) is 53.1 Å². The van der Waals surface area contributed by atoms with Gasteiger partial charge in [0, 0.05) is 56.8 Å². The summed E-state index contributed by atoms with van der Waals surface area (Å²) in [4.78, 5) is 42.7. The van der Waals surface area contributed by atoms with Gasteiger partial charge < -0.3 is 29.6 Å². The molecule has 0 aliphatic carbocycles. The third-order valence-corrected chi connectivity index (χ3v) is 6.78. The van der Waals surface area contributed by atoms with E-state index in [0.29, 0.717) is 34.9 Å². The SMILES string of the molecule is CN(C)CCc1ocnc1Cn1c(=O)c(C#CC(=O)N(C)C)cc2cnc(Nc3ccc(OC4CCNC4)cc3)nc21. The van der Waals surface area contributed by atoms with Crippen LogP contribution < -0.4 is 20.9 Å². The predicted octanol–water partition coefficient (Wildman–Crippen LogP) is 1.86. The molecule has 12 nitrogen and oxygen atoms in total. The summed E-state index contributed by atoms with van der Waals surface area (Å²) in [6, 6.07) is 9.19. The number of fused-ring (bicyclic) bond motifs is 1. The molecule has 0 spiro atoms. The fourth-order valence-electron chi connectivity index (χ4n) is 4.46. The number of rotatable bonds is 9. The van der Waals surface area contributed by atoms with Crippen LogP contribution in [0.1, 0.15) is 23.4 Å². The number of aromatic nitrogens is 4. The van der Waals surface area contributed by atoms with E-state index in [0.717, 1.165) is 37.5 Å². The van der Waals surface area contributed by atoms with Crippen molar-refractivity contribution in [1.82, 2.24) is 34.6 Å². The summed E-state index contributed by atoms with van der Waals surface area (Å²) >= 11 is 0. The van der Waals surface area contributed by atoms with Crippen molar-refractivity contribution in [3.05, 3.63) is 70.3 Å². The molecule has 0 radical (unpaired) electrons. The Morgan fingerprint density at radius 1 is 1.21 bits per heavy atom. The van der Waals surface area contributed by atoms with Crippen LogP contribution in [0.2, 0.25) is 0 Å². The van der Waals surface area contributed by atoms with E-state index in [2.05, 4.69) is 32.4 Å². The molecule has 1 unspecified atom stereocenters. The first-order valence-corrected chi connectivity index (χ1v) is 13.7. The van der Waals surface area contributed by atoms with Crippen molar-refractivity contribution in [3.8, 4) is 17.6 Å². The van der Waals surface area contributed by atoms with Crippen LogP contribution in [0.25, 0.3) is 11.0 Å². The molecule has 218 valence electrons. The van der Waals surface area contributed by atoms with Crippen LogP contribution in [-0.2, 0) is 17.8 Å². The number of nitrogens with one attached hydrogen (secondary N) is 2. The number of anilines is 2. The molecule has 3 aromatic heterocycles. The second-order valence-electron chi connectivity index (χ2n) is 10.5. The minimum atomic E-state index is -0.407. The van der Waals surface area contributed by atoms with Crippen LogP contribution in [-0.4, -0.2) is 89.2 Å². The Morgan fingerprint density at radius 2 is 2.02 bits per heavy atom. The molecule has 1 aromatic carbocycles. The van der Waals surface area contributed by atoms with Gasteiger partial charge in [-0.15, -0.1) is 0 Å². The molecule has 1 amide bonds. The lowest BCUT2D eigenvalue weighted by Gasteiger charge is -2.14. The minimum absolute atomic E-state index is 0.115. The van der Waals surface area contributed by atoms with Gasteiger partial charge in [0.2, 0.25) is 5.95 Å². The average molecular weight is 571 g/mol. The molecule has 42 heavy (non-hydrogen) atoms. The Labute approximate surface area is 243 Å². The second-order valence-corrected chi connectivity index (χ2v) is 10.5. The maximum Gasteiger partial charge on any atom is 0.298 e. The van der Waals surface area contributed by atoms with Crippen molar-refractivity contribution in [1.29, 1.82) is 0 Å². The summed E-state index contributed by atoms with van der Waals surface area (Å²) in [5.41, 5.74) is 1.56. The topological polar surface area (TPSA) is 131 Å². The van der Waals surface area contributed by atoms with Gasteiger partial charge in [0.15, 0.2) is 6.39 Å². The Hall–Kier alpha value is -4.73. The number of nitrogens with zero attached hydrogens (tertiary/aromatic N) is 6. The first-order valence-electron chi connectivity index (χ1n) is 13.7. The number of carbonyl (C=O) groups is 1. The second kappa shape index (κ2) is 12.8. The number of hydrogen-bond acceptors (Lipinski definition) is 10. The first kappa shape index (κ1) is 28.8. The molecule has 1 atom stereocenters. The van der Waals surface area contributed by atoms with Crippen LogP contribution in [0.15, 0.2) is 52.1 Å². The van der Waals surface area contributed by atoms with E-state index in [4.69, 9.17) is 14.1 Å². The number of amides is 1. The maximum atomic E-state index is 13.7. The first-order chi connectivity index (χ1) is 20.3. The van der Waals surface area contributed by atoms with Gasteiger partial charge in [-0.2, -0.15) is 4.98 Å². The summed E-state index contributed by atoms with van der Waals surface area (Å²) < 4.78 is 13.1. The van der Waals surface area contributed by atoms with Crippen LogP contribution in [0.3, 0.4) is 0 Å². The molecule has 12 heteroatoms.